The fourth-order valence-electron chi connectivity index (χ4n) is 2.07. The van der Waals surface area contributed by atoms with Crippen molar-refractivity contribution in [3.8, 4) is 5.75 Å². The van der Waals surface area contributed by atoms with Gasteiger partial charge in [0, 0.05) is 25.8 Å². The fourth-order valence-corrected chi connectivity index (χ4v) is 2.07. The molecule has 0 aliphatic carbocycles. The Kier molecular flexibility index (Phi) is 14.6. The van der Waals surface area contributed by atoms with E-state index < -0.39 is 0 Å². The van der Waals surface area contributed by atoms with Gasteiger partial charge in [0.1, 0.15) is 5.75 Å². The molecule has 7 heteroatoms. The van der Waals surface area contributed by atoms with Gasteiger partial charge in [-0.3, -0.25) is 0 Å². The molecule has 0 radical (unpaired) electrons. The van der Waals surface area contributed by atoms with Gasteiger partial charge in [-0.15, -0.1) is 24.0 Å². The van der Waals surface area contributed by atoms with Crippen molar-refractivity contribution in [3.05, 3.63) is 29.3 Å². The Morgan fingerprint density at radius 1 is 1.12 bits per heavy atom. The van der Waals surface area contributed by atoms with E-state index in [-0.39, 0.29) is 24.0 Å². The Morgan fingerprint density at radius 3 is 2.60 bits per heavy atom. The molecule has 0 unspecified atom stereocenters. The number of methoxy groups -OCH3 is 1. The number of guanidine groups is 1. The second-order valence-corrected chi connectivity index (χ2v) is 5.27. The first-order valence-electron chi connectivity index (χ1n) is 8.52. The van der Waals surface area contributed by atoms with Crippen molar-refractivity contribution in [2.24, 2.45) is 4.99 Å². The molecule has 1 rings (SSSR count). The number of nitrogens with one attached hydrogen (secondary N) is 2. The summed E-state index contributed by atoms with van der Waals surface area (Å²) in [5.74, 6) is 1.68. The number of benzene rings is 1. The molecule has 2 N–H and O–H groups in total. The summed E-state index contributed by atoms with van der Waals surface area (Å²) >= 11 is 0. The molecule has 0 fully saturated rings. The number of ether oxygens (including phenoxy) is 3. The van der Waals surface area contributed by atoms with Crippen LogP contribution in [-0.4, -0.2) is 52.6 Å². The van der Waals surface area contributed by atoms with Crippen LogP contribution in [0, 0.1) is 6.92 Å². The molecule has 0 saturated carbocycles. The third kappa shape index (κ3) is 10.5. The number of aliphatic imine (C=N–C) groups is 1. The monoisotopic (exact) mass is 465 g/mol. The third-order valence-corrected chi connectivity index (χ3v) is 3.24. The van der Waals surface area contributed by atoms with Crippen LogP contribution in [0.15, 0.2) is 23.2 Å². The molecule has 0 atom stereocenters. The highest BCUT2D eigenvalue weighted by Gasteiger charge is 2.04. The molecule has 0 aliphatic rings. The van der Waals surface area contributed by atoms with E-state index in [1.165, 1.54) is 5.56 Å². The first-order valence-corrected chi connectivity index (χ1v) is 8.52. The molecular formula is C18H32IN3O3. The van der Waals surface area contributed by atoms with Gasteiger partial charge in [0.05, 0.1) is 33.0 Å². The van der Waals surface area contributed by atoms with Crippen molar-refractivity contribution in [2.45, 2.75) is 27.3 Å². The highest BCUT2D eigenvalue weighted by molar-refractivity contribution is 14.0. The first kappa shape index (κ1) is 23.9. The molecule has 6 nitrogen and oxygen atoms in total. The van der Waals surface area contributed by atoms with Gasteiger partial charge in [0.2, 0.25) is 0 Å². The average Bonchev–Trinajstić information content (AvgIpc) is 2.57. The molecule has 0 aromatic heterocycles. The molecule has 0 saturated heterocycles. The first-order chi connectivity index (χ1) is 11.7. The summed E-state index contributed by atoms with van der Waals surface area (Å²) in [7, 11) is 1.67. The third-order valence-electron chi connectivity index (χ3n) is 3.24. The molecule has 25 heavy (non-hydrogen) atoms. The molecule has 0 bridgehead atoms. The molecule has 0 aliphatic heterocycles. The predicted molar refractivity (Wildman–Crippen MR) is 113 cm³/mol. The number of rotatable bonds is 11. The van der Waals surface area contributed by atoms with Gasteiger partial charge in [-0.2, -0.15) is 0 Å². The van der Waals surface area contributed by atoms with Gasteiger partial charge < -0.3 is 24.8 Å². The lowest BCUT2D eigenvalue weighted by molar-refractivity contribution is 0.0733. The van der Waals surface area contributed by atoms with Crippen molar-refractivity contribution in [3.63, 3.8) is 0 Å². The van der Waals surface area contributed by atoms with Crippen molar-refractivity contribution >= 4 is 29.9 Å². The zero-order valence-electron chi connectivity index (χ0n) is 15.8. The van der Waals surface area contributed by atoms with E-state index in [0.29, 0.717) is 39.5 Å². The van der Waals surface area contributed by atoms with E-state index in [1.54, 1.807) is 7.11 Å². The maximum atomic E-state index is 5.70. The van der Waals surface area contributed by atoms with Crippen molar-refractivity contribution in [1.29, 1.82) is 0 Å². The summed E-state index contributed by atoms with van der Waals surface area (Å²) in [5, 5.41) is 6.50. The predicted octanol–water partition coefficient (Wildman–Crippen LogP) is 2.73. The Morgan fingerprint density at radius 2 is 1.92 bits per heavy atom. The molecule has 144 valence electrons. The minimum atomic E-state index is 0. The molecular weight excluding hydrogens is 433 g/mol. The zero-order valence-corrected chi connectivity index (χ0v) is 18.1. The highest BCUT2D eigenvalue weighted by Crippen LogP contribution is 2.21. The topological polar surface area (TPSA) is 64.1 Å². The second kappa shape index (κ2) is 15.2. The molecule has 1 aromatic rings. The standard InChI is InChI=1S/C18H31N3O3.HI/c1-5-19-18(20-9-10-23-12-11-22-4)21-14-16-8-7-15(3)13-17(16)24-6-2;/h7-8,13H,5-6,9-12,14H2,1-4H3,(H2,19,20,21);1H. The minimum absolute atomic E-state index is 0. The lowest BCUT2D eigenvalue weighted by atomic mass is 10.1. The van der Waals surface area contributed by atoms with Crippen LogP contribution in [0.3, 0.4) is 0 Å². The van der Waals surface area contributed by atoms with Gasteiger partial charge >= 0.3 is 0 Å². The van der Waals surface area contributed by atoms with Gasteiger partial charge in [-0.25, -0.2) is 4.99 Å². The van der Waals surface area contributed by atoms with Crippen molar-refractivity contribution in [2.75, 3.05) is 46.6 Å². The second-order valence-electron chi connectivity index (χ2n) is 5.27. The number of hydrogen-bond donors (Lipinski definition) is 2. The van der Waals surface area contributed by atoms with E-state index in [0.717, 1.165) is 23.8 Å². The van der Waals surface area contributed by atoms with E-state index in [4.69, 9.17) is 14.2 Å². The van der Waals surface area contributed by atoms with E-state index >= 15 is 0 Å². The SMILES string of the molecule is CCNC(=NCc1ccc(C)cc1OCC)NCCOCCOC.I. The van der Waals surface area contributed by atoms with Crippen LogP contribution in [0.4, 0.5) is 0 Å². The summed E-state index contributed by atoms with van der Waals surface area (Å²) in [5.41, 5.74) is 2.26. The van der Waals surface area contributed by atoms with Gasteiger partial charge in [0.25, 0.3) is 0 Å². The fraction of sp³-hybridized carbons (Fsp3) is 0.611. The van der Waals surface area contributed by atoms with Gasteiger partial charge in [-0.1, -0.05) is 12.1 Å². The summed E-state index contributed by atoms with van der Waals surface area (Å²) in [6.45, 7) is 10.6. The van der Waals surface area contributed by atoms with E-state index in [9.17, 15) is 0 Å². The molecule has 0 spiro atoms. The van der Waals surface area contributed by atoms with Gasteiger partial charge in [0.15, 0.2) is 5.96 Å². The summed E-state index contributed by atoms with van der Waals surface area (Å²) in [6, 6.07) is 6.21. The Labute approximate surface area is 168 Å². The Balaban J connectivity index is 0.00000576. The van der Waals surface area contributed by atoms with Crippen LogP contribution < -0.4 is 15.4 Å². The number of hydrogen-bond acceptors (Lipinski definition) is 4. The van der Waals surface area contributed by atoms with Crippen LogP contribution in [0.5, 0.6) is 5.75 Å². The lowest BCUT2D eigenvalue weighted by Crippen LogP contribution is -2.39. The van der Waals surface area contributed by atoms with E-state index in [2.05, 4.69) is 40.7 Å². The number of halogens is 1. The minimum Gasteiger partial charge on any atom is -0.494 e. The average molecular weight is 465 g/mol. The molecule has 0 heterocycles. The largest absolute Gasteiger partial charge is 0.494 e. The summed E-state index contributed by atoms with van der Waals surface area (Å²) in [6.07, 6.45) is 0. The lowest BCUT2D eigenvalue weighted by Gasteiger charge is -2.13. The zero-order chi connectivity index (χ0) is 17.6. The van der Waals surface area contributed by atoms with Crippen molar-refractivity contribution < 1.29 is 14.2 Å². The van der Waals surface area contributed by atoms with Crippen LogP contribution in [0.2, 0.25) is 0 Å². The summed E-state index contributed by atoms with van der Waals surface area (Å²) < 4.78 is 16.1. The van der Waals surface area contributed by atoms with Crippen LogP contribution >= 0.6 is 24.0 Å². The molecule has 1 aromatic carbocycles. The highest BCUT2D eigenvalue weighted by atomic mass is 127. The van der Waals surface area contributed by atoms with Crippen LogP contribution in [0.25, 0.3) is 0 Å². The Bertz CT molecular complexity index is 498. The number of nitrogens with zero attached hydrogens (tertiary/aromatic N) is 1. The van der Waals surface area contributed by atoms with Crippen molar-refractivity contribution in [1.82, 2.24) is 10.6 Å². The quantitative estimate of drug-likeness (QED) is 0.228. The maximum Gasteiger partial charge on any atom is 0.191 e. The normalized spacial score (nSPS) is 11.0. The number of aryl methyl sites for hydroxylation is 1. The van der Waals surface area contributed by atoms with Gasteiger partial charge in [-0.05, 0) is 32.4 Å². The van der Waals surface area contributed by atoms with Crippen LogP contribution in [-0.2, 0) is 16.0 Å². The smallest absolute Gasteiger partial charge is 0.191 e. The maximum absolute atomic E-state index is 5.70. The molecule has 0 amide bonds. The Hall–Kier alpha value is -1.06. The van der Waals surface area contributed by atoms with Crippen LogP contribution in [0.1, 0.15) is 25.0 Å². The summed E-state index contributed by atoms with van der Waals surface area (Å²) in [4.78, 5) is 4.62. The van der Waals surface area contributed by atoms with E-state index in [1.807, 2.05) is 13.8 Å².